The predicted molar refractivity (Wildman–Crippen MR) is 89.4 cm³/mol. The Kier molecular flexibility index (Phi) is 4.66. The maximum atomic E-state index is 5.85. The van der Waals surface area contributed by atoms with Gasteiger partial charge in [-0.05, 0) is 30.0 Å². The lowest BCUT2D eigenvalue weighted by atomic mass is 10.0. The second kappa shape index (κ2) is 6.67. The van der Waals surface area contributed by atoms with Crippen LogP contribution in [-0.4, -0.2) is 0 Å². The van der Waals surface area contributed by atoms with Crippen LogP contribution in [0, 0.1) is 0 Å². The molecule has 0 saturated heterocycles. The Morgan fingerprint density at radius 2 is 1.86 bits per heavy atom. The van der Waals surface area contributed by atoms with Crippen LogP contribution in [0.4, 0.5) is 0 Å². The Hall–Kier alpha value is -1.26. The van der Waals surface area contributed by atoms with Gasteiger partial charge in [0, 0.05) is 16.2 Å². The normalized spacial score (nSPS) is 15.9. The molecular formula is C17H20O2S2. The highest BCUT2D eigenvalue weighted by Gasteiger charge is 2.39. The van der Waals surface area contributed by atoms with Crippen LogP contribution in [0.25, 0.3) is 9.75 Å². The van der Waals surface area contributed by atoms with Crippen molar-refractivity contribution in [2.24, 2.45) is 0 Å². The van der Waals surface area contributed by atoms with E-state index in [1.54, 1.807) is 35.2 Å². The van der Waals surface area contributed by atoms with E-state index >= 15 is 0 Å². The van der Waals surface area contributed by atoms with Crippen molar-refractivity contribution < 1.29 is 9.47 Å². The quantitative estimate of drug-likeness (QED) is 0.572. The summed E-state index contributed by atoms with van der Waals surface area (Å²) in [5.74, 6) is -0.589. The van der Waals surface area contributed by atoms with Crippen molar-refractivity contribution in [1.82, 2.24) is 0 Å². The number of unbranched alkanes of at least 4 members (excludes halogenated alkanes) is 3. The fourth-order valence-electron chi connectivity index (χ4n) is 2.54. The van der Waals surface area contributed by atoms with Gasteiger partial charge in [0.15, 0.2) is 0 Å². The van der Waals surface area contributed by atoms with Gasteiger partial charge in [0.2, 0.25) is 0 Å². The zero-order valence-electron chi connectivity index (χ0n) is 12.2. The van der Waals surface area contributed by atoms with Gasteiger partial charge in [0.05, 0.1) is 4.88 Å². The van der Waals surface area contributed by atoms with Crippen LogP contribution >= 0.6 is 22.7 Å². The third-order valence-electron chi connectivity index (χ3n) is 3.68. The molecule has 0 aromatic carbocycles. The van der Waals surface area contributed by atoms with E-state index < -0.39 is 5.79 Å². The Morgan fingerprint density at radius 3 is 2.57 bits per heavy atom. The van der Waals surface area contributed by atoms with Crippen LogP contribution in [0.3, 0.4) is 0 Å². The lowest BCUT2D eigenvalue weighted by molar-refractivity contribution is -0.153. The van der Waals surface area contributed by atoms with Crippen LogP contribution in [-0.2, 0) is 15.3 Å². The van der Waals surface area contributed by atoms with E-state index in [0.717, 1.165) is 17.7 Å². The Labute approximate surface area is 134 Å². The van der Waals surface area contributed by atoms with E-state index in [-0.39, 0.29) is 0 Å². The third-order valence-corrected chi connectivity index (χ3v) is 5.95. The van der Waals surface area contributed by atoms with E-state index in [1.165, 1.54) is 29.0 Å². The molecule has 3 rings (SSSR count). The van der Waals surface area contributed by atoms with Crippen molar-refractivity contribution >= 4 is 22.7 Å². The van der Waals surface area contributed by atoms with Gasteiger partial charge >= 0.3 is 0 Å². The highest BCUT2D eigenvalue weighted by molar-refractivity contribution is 7.21. The Bertz CT molecular complexity index is 576. The molecule has 1 aliphatic heterocycles. The number of ether oxygens (including phenoxy) is 2. The van der Waals surface area contributed by atoms with Crippen molar-refractivity contribution in [2.45, 2.75) is 44.8 Å². The summed E-state index contributed by atoms with van der Waals surface area (Å²) in [5, 5.41) is 2.11. The van der Waals surface area contributed by atoms with Gasteiger partial charge in [-0.3, -0.25) is 0 Å². The molecule has 0 N–H and O–H groups in total. The molecule has 0 unspecified atom stereocenters. The fourth-order valence-corrected chi connectivity index (χ4v) is 4.48. The van der Waals surface area contributed by atoms with Gasteiger partial charge in [0.1, 0.15) is 12.5 Å². The minimum atomic E-state index is -0.589. The van der Waals surface area contributed by atoms with E-state index in [0.29, 0.717) is 0 Å². The maximum absolute atomic E-state index is 5.85. The number of hydrogen-bond acceptors (Lipinski definition) is 4. The monoisotopic (exact) mass is 320 g/mol. The molecule has 0 atom stereocenters. The van der Waals surface area contributed by atoms with Crippen molar-refractivity contribution in [3.63, 3.8) is 0 Å². The summed E-state index contributed by atoms with van der Waals surface area (Å²) in [6.45, 7) is 2.23. The summed E-state index contributed by atoms with van der Waals surface area (Å²) in [6.07, 6.45) is 9.12. The van der Waals surface area contributed by atoms with Gasteiger partial charge in [-0.2, -0.15) is 0 Å². The molecule has 2 aromatic heterocycles. The topological polar surface area (TPSA) is 18.5 Å². The first-order valence-electron chi connectivity index (χ1n) is 7.49. The summed E-state index contributed by atoms with van der Waals surface area (Å²) in [6, 6.07) is 8.56. The molecule has 0 spiro atoms. The molecule has 0 amide bonds. The first kappa shape index (κ1) is 14.7. The third kappa shape index (κ3) is 3.16. The fraction of sp³-hybridized carbons (Fsp3) is 0.412. The molecule has 0 saturated carbocycles. The highest BCUT2D eigenvalue weighted by atomic mass is 32.1. The molecule has 2 nitrogen and oxygen atoms in total. The largest absolute Gasteiger partial charge is 0.452 e. The van der Waals surface area contributed by atoms with Gasteiger partial charge in [-0.15, -0.1) is 22.7 Å². The Balaban J connectivity index is 1.75. The van der Waals surface area contributed by atoms with Gasteiger partial charge < -0.3 is 9.47 Å². The second-order valence-corrected chi connectivity index (χ2v) is 7.24. The van der Waals surface area contributed by atoms with Crippen molar-refractivity contribution in [1.29, 1.82) is 0 Å². The molecule has 0 bridgehead atoms. The van der Waals surface area contributed by atoms with Crippen LogP contribution < -0.4 is 0 Å². The summed E-state index contributed by atoms with van der Waals surface area (Å²) in [4.78, 5) is 3.75. The van der Waals surface area contributed by atoms with Crippen LogP contribution in [0.1, 0.15) is 43.9 Å². The average Bonchev–Trinajstić information content (AvgIpc) is 3.24. The molecule has 0 fully saturated rings. The lowest BCUT2D eigenvalue weighted by Crippen LogP contribution is -2.25. The molecule has 3 heterocycles. The predicted octanol–water partition coefficient (Wildman–Crippen LogP) is 6.12. The van der Waals surface area contributed by atoms with Gasteiger partial charge in [0.25, 0.3) is 5.79 Å². The molecule has 112 valence electrons. The van der Waals surface area contributed by atoms with Gasteiger partial charge in [-0.1, -0.05) is 32.3 Å². The van der Waals surface area contributed by atoms with Crippen molar-refractivity contribution in [3.8, 4) is 9.75 Å². The smallest absolute Gasteiger partial charge is 0.285 e. The molecule has 1 aliphatic rings. The first-order chi connectivity index (χ1) is 10.3. The maximum Gasteiger partial charge on any atom is 0.285 e. The van der Waals surface area contributed by atoms with Gasteiger partial charge in [-0.25, -0.2) is 0 Å². The molecule has 4 heteroatoms. The lowest BCUT2D eigenvalue weighted by Gasteiger charge is -2.26. The zero-order chi connectivity index (χ0) is 14.5. The molecule has 21 heavy (non-hydrogen) atoms. The Morgan fingerprint density at radius 1 is 1.00 bits per heavy atom. The molecular weight excluding hydrogens is 300 g/mol. The second-order valence-electron chi connectivity index (χ2n) is 5.21. The summed E-state index contributed by atoms with van der Waals surface area (Å²) >= 11 is 3.54. The minimum absolute atomic E-state index is 0.589. The first-order valence-corrected chi connectivity index (χ1v) is 9.18. The van der Waals surface area contributed by atoms with E-state index in [1.807, 2.05) is 0 Å². The SMILES string of the molecule is CCCCCCC1(c2ccc(-c3cccs3)s2)OC=CO1. The summed E-state index contributed by atoms with van der Waals surface area (Å²) < 4.78 is 11.7. The highest BCUT2D eigenvalue weighted by Crippen LogP contribution is 2.43. The summed E-state index contributed by atoms with van der Waals surface area (Å²) in [7, 11) is 0. The van der Waals surface area contributed by atoms with E-state index in [4.69, 9.17) is 9.47 Å². The molecule has 0 aliphatic carbocycles. The number of thiophene rings is 2. The number of rotatable bonds is 7. The van der Waals surface area contributed by atoms with Crippen molar-refractivity contribution in [2.75, 3.05) is 0 Å². The van der Waals surface area contributed by atoms with Crippen LogP contribution in [0.5, 0.6) is 0 Å². The molecule has 0 radical (unpaired) electrons. The summed E-state index contributed by atoms with van der Waals surface area (Å²) in [5.41, 5.74) is 0. The molecule has 2 aromatic rings. The van der Waals surface area contributed by atoms with E-state index in [9.17, 15) is 0 Å². The average molecular weight is 320 g/mol. The van der Waals surface area contributed by atoms with Crippen LogP contribution in [0.15, 0.2) is 42.2 Å². The standard InChI is InChI=1S/C17H20O2S2/c1-2-3-4-5-10-17(18-11-12-19-17)16-9-8-15(21-16)14-7-6-13-20-14/h6-9,11-13H,2-5,10H2,1H3. The van der Waals surface area contributed by atoms with Crippen molar-refractivity contribution in [3.05, 3.63) is 47.0 Å². The van der Waals surface area contributed by atoms with E-state index in [2.05, 4.69) is 36.6 Å². The number of hydrogen-bond donors (Lipinski definition) is 0. The van der Waals surface area contributed by atoms with Crippen LogP contribution in [0.2, 0.25) is 0 Å². The minimum Gasteiger partial charge on any atom is -0.452 e. The zero-order valence-corrected chi connectivity index (χ0v) is 13.8.